The Morgan fingerprint density at radius 1 is 1.12 bits per heavy atom. The molecule has 0 bridgehead atoms. The Kier molecular flexibility index (Phi) is 5.64. The molecule has 1 amide bonds. The third-order valence-electron chi connectivity index (χ3n) is 6.21. The minimum Gasteiger partial charge on any atom is -0.381 e. The van der Waals surface area contributed by atoms with Gasteiger partial charge in [0.05, 0.1) is 5.54 Å². The molecular weight excluding hydrogens is 359 g/mol. The summed E-state index contributed by atoms with van der Waals surface area (Å²) in [7, 11) is 0. The molecule has 4 rings (SSSR count). The fourth-order valence-electron chi connectivity index (χ4n) is 4.49. The maximum absolute atomic E-state index is 13.0. The van der Waals surface area contributed by atoms with Gasteiger partial charge in [0.15, 0.2) is 0 Å². The van der Waals surface area contributed by atoms with Gasteiger partial charge < -0.3 is 15.4 Å². The van der Waals surface area contributed by atoms with Gasteiger partial charge in [-0.1, -0.05) is 23.7 Å². The lowest BCUT2D eigenvalue weighted by Crippen LogP contribution is -2.50. The molecule has 2 heterocycles. The average Bonchev–Trinajstić information content (AvgIpc) is 3.30. The van der Waals surface area contributed by atoms with E-state index >= 15 is 0 Å². The first-order valence-electron chi connectivity index (χ1n) is 9.00. The van der Waals surface area contributed by atoms with Crippen molar-refractivity contribution in [3.63, 3.8) is 0 Å². The van der Waals surface area contributed by atoms with Gasteiger partial charge in [-0.3, -0.25) is 4.79 Å². The first kappa shape index (κ1) is 19.0. The summed E-state index contributed by atoms with van der Waals surface area (Å²) in [6, 6.07) is 7.90. The molecule has 3 fully saturated rings. The highest BCUT2D eigenvalue weighted by Gasteiger charge is 2.58. The van der Waals surface area contributed by atoms with Crippen LogP contribution in [0.5, 0.6) is 0 Å². The minimum atomic E-state index is -0.309. The van der Waals surface area contributed by atoms with Crippen molar-refractivity contribution in [2.75, 3.05) is 26.3 Å². The van der Waals surface area contributed by atoms with Crippen molar-refractivity contribution in [2.24, 2.45) is 11.3 Å². The van der Waals surface area contributed by atoms with E-state index in [0.29, 0.717) is 13.2 Å². The number of carbonyl (C=O) groups excluding carboxylic acids is 1. The third-order valence-corrected chi connectivity index (χ3v) is 6.46. The van der Waals surface area contributed by atoms with Crippen LogP contribution in [0.2, 0.25) is 5.02 Å². The second-order valence-electron chi connectivity index (χ2n) is 7.56. The number of benzene rings is 1. The number of halogens is 2. The largest absolute Gasteiger partial charge is 0.381 e. The van der Waals surface area contributed by atoms with Crippen LogP contribution in [0, 0.1) is 11.3 Å². The van der Waals surface area contributed by atoms with E-state index in [1.54, 1.807) is 0 Å². The molecule has 1 aromatic rings. The molecular formula is C19H26Cl2N2O2. The third kappa shape index (κ3) is 3.68. The Morgan fingerprint density at radius 2 is 1.76 bits per heavy atom. The lowest BCUT2D eigenvalue weighted by atomic mass is 9.82. The molecule has 2 N–H and O–H groups in total. The van der Waals surface area contributed by atoms with Crippen molar-refractivity contribution in [3.05, 3.63) is 34.9 Å². The normalized spacial score (nSPS) is 26.5. The van der Waals surface area contributed by atoms with Crippen LogP contribution in [0.3, 0.4) is 0 Å². The van der Waals surface area contributed by atoms with E-state index in [1.807, 2.05) is 24.3 Å². The van der Waals surface area contributed by atoms with E-state index in [4.69, 9.17) is 16.3 Å². The van der Waals surface area contributed by atoms with Gasteiger partial charge in [-0.25, -0.2) is 0 Å². The summed E-state index contributed by atoms with van der Waals surface area (Å²) in [6.45, 7) is 3.45. The molecule has 0 aromatic heterocycles. The Balaban J connectivity index is 0.00000182. The van der Waals surface area contributed by atoms with Crippen molar-refractivity contribution in [3.8, 4) is 0 Å². The monoisotopic (exact) mass is 384 g/mol. The van der Waals surface area contributed by atoms with Crippen LogP contribution in [0.15, 0.2) is 24.3 Å². The molecule has 1 spiro atoms. The van der Waals surface area contributed by atoms with Crippen molar-refractivity contribution in [2.45, 2.75) is 37.6 Å². The zero-order valence-corrected chi connectivity index (χ0v) is 15.9. The number of hydrogen-bond acceptors (Lipinski definition) is 3. The Labute approximate surface area is 160 Å². The van der Waals surface area contributed by atoms with E-state index in [1.165, 1.54) is 0 Å². The molecule has 1 saturated carbocycles. The number of amides is 1. The second-order valence-corrected chi connectivity index (χ2v) is 8.00. The zero-order valence-electron chi connectivity index (χ0n) is 14.4. The first-order valence-corrected chi connectivity index (χ1v) is 9.38. The summed E-state index contributed by atoms with van der Waals surface area (Å²) in [5.41, 5.74) is 1.10. The number of rotatable bonds is 3. The van der Waals surface area contributed by atoms with Gasteiger partial charge in [0.25, 0.3) is 0 Å². The summed E-state index contributed by atoms with van der Waals surface area (Å²) in [5.74, 6) is 0.417. The van der Waals surface area contributed by atoms with E-state index in [9.17, 15) is 4.79 Å². The maximum atomic E-state index is 13.0. The van der Waals surface area contributed by atoms with Crippen LogP contribution < -0.4 is 10.6 Å². The van der Waals surface area contributed by atoms with E-state index in [0.717, 1.165) is 55.8 Å². The molecule has 25 heavy (non-hydrogen) atoms. The van der Waals surface area contributed by atoms with Gasteiger partial charge in [0, 0.05) is 24.2 Å². The standard InChI is InChI=1S/C19H25ClN2O2.ClH/c20-15-3-1-14(2-4-15)19(7-11-24-12-8-19)22-17(23)16-13-18(16)5-9-21-10-6-18;/h1-4,16,21H,5-13H2,(H,22,23);1H. The van der Waals surface area contributed by atoms with E-state index in [-0.39, 0.29) is 35.2 Å². The van der Waals surface area contributed by atoms with Crippen molar-refractivity contribution >= 4 is 29.9 Å². The Morgan fingerprint density at radius 3 is 2.40 bits per heavy atom. The van der Waals surface area contributed by atoms with Crippen LogP contribution in [0.4, 0.5) is 0 Å². The van der Waals surface area contributed by atoms with E-state index in [2.05, 4.69) is 10.6 Å². The van der Waals surface area contributed by atoms with Gasteiger partial charge in [-0.2, -0.15) is 0 Å². The molecule has 4 nitrogen and oxygen atoms in total. The molecule has 138 valence electrons. The summed E-state index contributed by atoms with van der Waals surface area (Å²) in [5, 5.41) is 7.54. The fourth-order valence-corrected chi connectivity index (χ4v) is 4.62. The Hall–Kier alpha value is -0.810. The molecule has 6 heteroatoms. The smallest absolute Gasteiger partial charge is 0.224 e. The lowest BCUT2D eigenvalue weighted by Gasteiger charge is -2.39. The fraction of sp³-hybridized carbons (Fsp3) is 0.632. The van der Waals surface area contributed by atoms with Crippen LogP contribution in [-0.4, -0.2) is 32.2 Å². The highest BCUT2D eigenvalue weighted by Crippen LogP contribution is 2.58. The zero-order chi connectivity index (χ0) is 16.6. The highest BCUT2D eigenvalue weighted by molar-refractivity contribution is 6.30. The maximum Gasteiger partial charge on any atom is 0.224 e. The predicted octanol–water partition coefficient (Wildman–Crippen LogP) is 3.27. The van der Waals surface area contributed by atoms with Crippen LogP contribution in [-0.2, 0) is 15.1 Å². The first-order chi connectivity index (χ1) is 11.6. The van der Waals surface area contributed by atoms with Gasteiger partial charge in [0.2, 0.25) is 5.91 Å². The number of ether oxygens (including phenoxy) is 1. The summed E-state index contributed by atoms with van der Waals surface area (Å²) >= 11 is 6.04. The molecule has 1 unspecified atom stereocenters. The van der Waals surface area contributed by atoms with Crippen molar-refractivity contribution in [1.29, 1.82) is 0 Å². The molecule has 2 saturated heterocycles. The lowest BCUT2D eigenvalue weighted by molar-refractivity contribution is -0.126. The van der Waals surface area contributed by atoms with Gasteiger partial charge >= 0.3 is 0 Å². The highest BCUT2D eigenvalue weighted by atomic mass is 35.5. The SMILES string of the molecule is Cl.O=C(NC1(c2ccc(Cl)cc2)CCOCC1)C1CC12CCNCC2. The molecule has 1 aliphatic carbocycles. The summed E-state index contributed by atoms with van der Waals surface area (Å²) in [6.07, 6.45) is 4.95. The van der Waals surface area contributed by atoms with E-state index < -0.39 is 0 Å². The number of nitrogens with one attached hydrogen (secondary N) is 2. The quantitative estimate of drug-likeness (QED) is 0.840. The number of hydrogen-bond donors (Lipinski definition) is 2. The number of carbonyl (C=O) groups is 1. The van der Waals surface area contributed by atoms with Crippen LogP contribution >= 0.6 is 24.0 Å². The van der Waals surface area contributed by atoms with Crippen molar-refractivity contribution < 1.29 is 9.53 Å². The topological polar surface area (TPSA) is 50.4 Å². The van der Waals surface area contributed by atoms with Crippen LogP contribution in [0.1, 0.15) is 37.7 Å². The van der Waals surface area contributed by atoms with Gasteiger partial charge in [-0.05, 0) is 68.3 Å². The number of piperidine rings is 1. The molecule has 1 atom stereocenters. The van der Waals surface area contributed by atoms with Gasteiger partial charge in [0.1, 0.15) is 0 Å². The predicted molar refractivity (Wildman–Crippen MR) is 101 cm³/mol. The van der Waals surface area contributed by atoms with Crippen molar-refractivity contribution in [1.82, 2.24) is 10.6 Å². The van der Waals surface area contributed by atoms with Gasteiger partial charge in [-0.15, -0.1) is 12.4 Å². The second kappa shape index (κ2) is 7.43. The van der Waals surface area contributed by atoms with Crippen LogP contribution in [0.25, 0.3) is 0 Å². The summed E-state index contributed by atoms with van der Waals surface area (Å²) in [4.78, 5) is 13.0. The Bertz CT molecular complexity index is 608. The molecule has 2 aliphatic heterocycles. The average molecular weight is 385 g/mol. The molecule has 3 aliphatic rings. The minimum absolute atomic E-state index is 0. The molecule has 1 aromatic carbocycles. The molecule has 0 radical (unpaired) electrons. The summed E-state index contributed by atoms with van der Waals surface area (Å²) < 4.78 is 5.55.